The average molecular weight is 437 g/mol. The SMILES string of the molecule is Cn1ncc(C(=O)N2CCC(Nc3cc(=O)[nH]c4ccc(F)cc34)CC2)c1C(F)(F)F. The number of pyridine rings is 1. The zero-order valence-corrected chi connectivity index (χ0v) is 16.5. The van der Waals surface area contributed by atoms with Gasteiger partial charge in [0.25, 0.3) is 5.91 Å². The van der Waals surface area contributed by atoms with E-state index in [1.54, 1.807) is 0 Å². The number of piperidine rings is 1. The van der Waals surface area contributed by atoms with Gasteiger partial charge in [-0.1, -0.05) is 0 Å². The molecule has 1 aliphatic heterocycles. The molecule has 0 saturated carbocycles. The number of fused-ring (bicyclic) bond motifs is 1. The molecular formula is C20H19F4N5O2. The molecule has 4 rings (SSSR count). The summed E-state index contributed by atoms with van der Waals surface area (Å²) in [5.74, 6) is -1.16. The molecule has 1 fully saturated rings. The zero-order valence-electron chi connectivity index (χ0n) is 16.5. The molecule has 1 saturated heterocycles. The molecule has 164 valence electrons. The number of nitrogens with zero attached hydrogens (tertiary/aromatic N) is 3. The van der Waals surface area contributed by atoms with Crippen molar-refractivity contribution >= 4 is 22.5 Å². The van der Waals surface area contributed by atoms with Crippen molar-refractivity contribution in [1.82, 2.24) is 19.7 Å². The fourth-order valence-electron chi connectivity index (χ4n) is 3.89. The van der Waals surface area contributed by atoms with E-state index >= 15 is 0 Å². The second kappa shape index (κ2) is 7.71. The zero-order chi connectivity index (χ0) is 22.3. The van der Waals surface area contributed by atoms with Crippen LogP contribution in [0.3, 0.4) is 0 Å². The van der Waals surface area contributed by atoms with Crippen LogP contribution in [0.1, 0.15) is 28.9 Å². The number of aryl methyl sites for hydroxylation is 1. The number of hydrogen-bond donors (Lipinski definition) is 2. The van der Waals surface area contributed by atoms with Crippen LogP contribution >= 0.6 is 0 Å². The number of alkyl halides is 3. The summed E-state index contributed by atoms with van der Waals surface area (Å²) in [6, 6.07) is 5.25. The molecule has 0 aliphatic carbocycles. The fraction of sp³-hybridized carbons (Fsp3) is 0.350. The van der Waals surface area contributed by atoms with Crippen molar-refractivity contribution in [3.8, 4) is 0 Å². The van der Waals surface area contributed by atoms with Crippen molar-refractivity contribution in [3.05, 3.63) is 57.9 Å². The number of H-pyrrole nitrogens is 1. The van der Waals surface area contributed by atoms with Gasteiger partial charge in [0.2, 0.25) is 5.56 Å². The molecule has 1 aromatic carbocycles. The lowest BCUT2D eigenvalue weighted by molar-refractivity contribution is -0.144. The van der Waals surface area contributed by atoms with Crippen molar-refractivity contribution in [1.29, 1.82) is 0 Å². The predicted octanol–water partition coefficient (Wildman–Crippen LogP) is 3.14. The summed E-state index contributed by atoms with van der Waals surface area (Å²) < 4.78 is 54.1. The summed E-state index contributed by atoms with van der Waals surface area (Å²) in [6.07, 6.45) is -2.84. The van der Waals surface area contributed by atoms with Gasteiger partial charge >= 0.3 is 6.18 Å². The number of hydrogen-bond acceptors (Lipinski definition) is 4. The molecule has 0 spiro atoms. The van der Waals surface area contributed by atoms with Gasteiger partial charge in [-0.25, -0.2) is 4.39 Å². The third kappa shape index (κ3) is 4.12. The number of aromatic amines is 1. The third-order valence-corrected chi connectivity index (χ3v) is 5.38. The van der Waals surface area contributed by atoms with Gasteiger partial charge in [0.15, 0.2) is 5.69 Å². The molecular weight excluding hydrogens is 418 g/mol. The van der Waals surface area contributed by atoms with E-state index in [-0.39, 0.29) is 24.7 Å². The lowest BCUT2D eigenvalue weighted by Crippen LogP contribution is -2.43. The maximum atomic E-state index is 13.7. The molecule has 7 nitrogen and oxygen atoms in total. The van der Waals surface area contributed by atoms with Gasteiger partial charge in [0, 0.05) is 43.3 Å². The van der Waals surface area contributed by atoms with Crippen LogP contribution in [0.2, 0.25) is 0 Å². The second-order valence-electron chi connectivity index (χ2n) is 7.48. The maximum absolute atomic E-state index is 13.7. The number of nitrogens with one attached hydrogen (secondary N) is 2. The lowest BCUT2D eigenvalue weighted by atomic mass is 10.0. The monoisotopic (exact) mass is 437 g/mol. The van der Waals surface area contributed by atoms with E-state index < -0.39 is 29.2 Å². The third-order valence-electron chi connectivity index (χ3n) is 5.38. The molecule has 1 amide bonds. The largest absolute Gasteiger partial charge is 0.433 e. The van der Waals surface area contributed by atoms with Gasteiger partial charge in [-0.05, 0) is 31.0 Å². The first kappa shape index (κ1) is 20.9. The maximum Gasteiger partial charge on any atom is 0.433 e. The minimum absolute atomic E-state index is 0.131. The number of amides is 1. The van der Waals surface area contributed by atoms with Gasteiger partial charge in [0.05, 0.1) is 17.3 Å². The van der Waals surface area contributed by atoms with Gasteiger partial charge < -0.3 is 15.2 Å². The summed E-state index contributed by atoms with van der Waals surface area (Å²) in [4.78, 5) is 28.6. The minimum atomic E-state index is -4.69. The van der Waals surface area contributed by atoms with Crippen molar-refractivity contribution in [2.75, 3.05) is 18.4 Å². The molecule has 3 aromatic rings. The number of benzene rings is 1. The summed E-state index contributed by atoms with van der Waals surface area (Å²) in [6.45, 7) is 0.469. The molecule has 0 unspecified atom stereocenters. The Labute approximate surface area is 173 Å². The quantitative estimate of drug-likeness (QED) is 0.617. The minimum Gasteiger partial charge on any atom is -0.381 e. The number of carbonyl (C=O) groups excluding carboxylic acids is 1. The van der Waals surface area contributed by atoms with Gasteiger partial charge in [0.1, 0.15) is 5.82 Å². The van der Waals surface area contributed by atoms with Gasteiger partial charge in [-0.2, -0.15) is 18.3 Å². The molecule has 11 heteroatoms. The van der Waals surface area contributed by atoms with Crippen LogP contribution in [0, 0.1) is 5.82 Å². The smallest absolute Gasteiger partial charge is 0.381 e. The number of carbonyl (C=O) groups is 1. The molecule has 1 aliphatic rings. The van der Waals surface area contributed by atoms with E-state index in [9.17, 15) is 27.2 Å². The van der Waals surface area contributed by atoms with Crippen LogP contribution in [0.25, 0.3) is 10.9 Å². The van der Waals surface area contributed by atoms with Crippen LogP contribution in [-0.4, -0.2) is 44.7 Å². The number of anilines is 1. The van der Waals surface area contributed by atoms with E-state index in [1.165, 1.54) is 29.2 Å². The summed E-state index contributed by atoms with van der Waals surface area (Å²) in [7, 11) is 1.14. The fourth-order valence-corrected chi connectivity index (χ4v) is 3.89. The Balaban J connectivity index is 1.48. The molecule has 3 heterocycles. The molecule has 31 heavy (non-hydrogen) atoms. The van der Waals surface area contributed by atoms with E-state index in [1.807, 2.05) is 0 Å². The first-order chi connectivity index (χ1) is 14.6. The molecule has 0 atom stereocenters. The summed E-state index contributed by atoms with van der Waals surface area (Å²) in [5.41, 5.74) is -0.937. The second-order valence-corrected chi connectivity index (χ2v) is 7.48. The Bertz CT molecular complexity index is 1190. The number of rotatable bonds is 3. The number of halogens is 4. The van der Waals surface area contributed by atoms with Crippen LogP contribution in [-0.2, 0) is 13.2 Å². The summed E-state index contributed by atoms with van der Waals surface area (Å²) >= 11 is 0. The van der Waals surface area contributed by atoms with E-state index in [0.717, 1.165) is 13.2 Å². The Morgan fingerprint density at radius 3 is 2.61 bits per heavy atom. The van der Waals surface area contributed by atoms with Crippen LogP contribution in [0.5, 0.6) is 0 Å². The summed E-state index contributed by atoms with van der Waals surface area (Å²) in [5, 5.41) is 7.31. The highest BCUT2D eigenvalue weighted by molar-refractivity contribution is 5.95. The highest BCUT2D eigenvalue weighted by atomic mass is 19.4. The Morgan fingerprint density at radius 2 is 1.94 bits per heavy atom. The standard InChI is InChI=1S/C20H19F4N5O2/c1-28-18(20(22,23)24)14(10-25-28)19(31)29-6-4-12(5-7-29)26-16-9-17(30)27-15-3-2-11(21)8-13(15)16/h2-3,8-10,12H,4-7H2,1H3,(H2,26,27,30). The first-order valence-corrected chi connectivity index (χ1v) is 9.61. The van der Waals surface area contributed by atoms with Gasteiger partial charge in [-0.15, -0.1) is 0 Å². The van der Waals surface area contributed by atoms with Crippen molar-refractivity contribution in [3.63, 3.8) is 0 Å². The van der Waals surface area contributed by atoms with Crippen LogP contribution < -0.4 is 10.9 Å². The number of likely N-dealkylation sites (tertiary alicyclic amines) is 1. The Kier molecular flexibility index (Phi) is 5.19. The average Bonchev–Trinajstić information content (AvgIpc) is 3.10. The molecule has 2 aromatic heterocycles. The normalized spacial score (nSPS) is 15.5. The van der Waals surface area contributed by atoms with Crippen LogP contribution in [0.4, 0.5) is 23.2 Å². The Morgan fingerprint density at radius 1 is 1.23 bits per heavy atom. The van der Waals surface area contributed by atoms with E-state index in [0.29, 0.717) is 34.1 Å². The molecule has 2 N–H and O–H groups in total. The van der Waals surface area contributed by atoms with E-state index in [4.69, 9.17) is 0 Å². The van der Waals surface area contributed by atoms with Crippen molar-refractivity contribution in [2.45, 2.75) is 25.1 Å². The van der Waals surface area contributed by atoms with Crippen LogP contribution in [0.15, 0.2) is 35.3 Å². The van der Waals surface area contributed by atoms with Crippen molar-refractivity contribution in [2.24, 2.45) is 7.05 Å². The van der Waals surface area contributed by atoms with Gasteiger partial charge in [-0.3, -0.25) is 14.3 Å². The van der Waals surface area contributed by atoms with E-state index in [2.05, 4.69) is 15.4 Å². The van der Waals surface area contributed by atoms with Crippen molar-refractivity contribution < 1.29 is 22.4 Å². The highest BCUT2D eigenvalue weighted by Gasteiger charge is 2.40. The predicted molar refractivity (Wildman–Crippen MR) is 105 cm³/mol. The number of aromatic nitrogens is 3. The molecule has 0 radical (unpaired) electrons. The topological polar surface area (TPSA) is 83.0 Å². The lowest BCUT2D eigenvalue weighted by Gasteiger charge is -2.33. The Hall–Kier alpha value is -3.37. The first-order valence-electron chi connectivity index (χ1n) is 9.61. The molecule has 0 bridgehead atoms. The highest BCUT2D eigenvalue weighted by Crippen LogP contribution is 2.32.